The van der Waals surface area contributed by atoms with E-state index in [-0.39, 0.29) is 5.91 Å². The molecule has 3 N–H and O–H groups in total. The van der Waals surface area contributed by atoms with Crippen LogP contribution in [-0.4, -0.2) is 24.7 Å². The fourth-order valence-corrected chi connectivity index (χ4v) is 2.76. The van der Waals surface area contributed by atoms with Crippen LogP contribution in [0.4, 0.5) is 0 Å². The number of ether oxygens (including phenoxy) is 2. The molecule has 1 saturated heterocycles. The van der Waals surface area contributed by atoms with Gasteiger partial charge in [0.05, 0.1) is 5.54 Å². The lowest BCUT2D eigenvalue weighted by molar-refractivity contribution is -0.129. The van der Waals surface area contributed by atoms with Crippen molar-refractivity contribution in [2.24, 2.45) is 5.73 Å². The van der Waals surface area contributed by atoms with E-state index in [0.29, 0.717) is 39.2 Å². The van der Waals surface area contributed by atoms with Crippen molar-refractivity contribution in [3.63, 3.8) is 0 Å². The lowest BCUT2D eigenvalue weighted by Crippen LogP contribution is -2.56. The van der Waals surface area contributed by atoms with Gasteiger partial charge in [0.25, 0.3) is 0 Å². The van der Waals surface area contributed by atoms with Gasteiger partial charge in [0.2, 0.25) is 5.91 Å². The van der Waals surface area contributed by atoms with E-state index >= 15 is 0 Å². The molecule has 1 aliphatic heterocycles. The topological polar surface area (TPSA) is 73.6 Å². The molecule has 2 aromatic carbocycles. The third kappa shape index (κ3) is 4.81. The summed E-state index contributed by atoms with van der Waals surface area (Å²) in [5, 5.41) is 2.94. The Morgan fingerprint density at radius 2 is 1.68 bits per heavy atom. The van der Waals surface area contributed by atoms with Crippen molar-refractivity contribution in [1.29, 1.82) is 0 Å². The minimum Gasteiger partial charge on any atom is -0.489 e. The second-order valence-electron chi connectivity index (χ2n) is 6.37. The number of hydrogen-bond donors (Lipinski definition) is 2. The number of benzene rings is 2. The fourth-order valence-electron chi connectivity index (χ4n) is 2.76. The van der Waals surface area contributed by atoms with Crippen molar-refractivity contribution in [2.75, 3.05) is 13.2 Å². The minimum absolute atomic E-state index is 0.104. The second kappa shape index (κ2) is 8.14. The molecule has 0 spiro atoms. The van der Waals surface area contributed by atoms with Crippen molar-refractivity contribution in [1.82, 2.24) is 5.32 Å². The average Bonchev–Trinajstić information content (AvgIpc) is 2.66. The van der Waals surface area contributed by atoms with Crippen LogP contribution in [0.5, 0.6) is 5.75 Å². The SMILES string of the molecule is NC1(C(=O)NCc2ccc(COc3ccccc3)cc2)CCOCC1. The first kappa shape index (κ1) is 17.5. The Labute approximate surface area is 148 Å². The summed E-state index contributed by atoms with van der Waals surface area (Å²) in [6.07, 6.45) is 1.13. The number of amides is 1. The molecule has 0 radical (unpaired) electrons. The first-order valence-corrected chi connectivity index (χ1v) is 8.56. The van der Waals surface area contributed by atoms with Crippen LogP contribution < -0.4 is 15.8 Å². The molecule has 132 valence electrons. The highest BCUT2D eigenvalue weighted by Crippen LogP contribution is 2.18. The van der Waals surface area contributed by atoms with Crippen LogP contribution >= 0.6 is 0 Å². The molecule has 1 fully saturated rings. The van der Waals surface area contributed by atoms with Gasteiger partial charge >= 0.3 is 0 Å². The number of nitrogens with two attached hydrogens (primary N) is 1. The number of carbonyl (C=O) groups is 1. The van der Waals surface area contributed by atoms with Gasteiger partial charge in [0.1, 0.15) is 12.4 Å². The van der Waals surface area contributed by atoms with Crippen LogP contribution in [0.3, 0.4) is 0 Å². The normalized spacial score (nSPS) is 16.2. The second-order valence-corrected chi connectivity index (χ2v) is 6.37. The van der Waals surface area contributed by atoms with Gasteiger partial charge in [0, 0.05) is 19.8 Å². The van der Waals surface area contributed by atoms with Crippen molar-refractivity contribution in [3.8, 4) is 5.75 Å². The van der Waals surface area contributed by atoms with Crippen LogP contribution in [0.2, 0.25) is 0 Å². The van der Waals surface area contributed by atoms with Crippen LogP contribution in [0.1, 0.15) is 24.0 Å². The maximum atomic E-state index is 12.3. The molecule has 25 heavy (non-hydrogen) atoms. The molecule has 5 heteroatoms. The van der Waals surface area contributed by atoms with Gasteiger partial charge in [-0.05, 0) is 36.1 Å². The molecule has 1 heterocycles. The van der Waals surface area contributed by atoms with Gasteiger partial charge in [-0.25, -0.2) is 0 Å². The Balaban J connectivity index is 1.48. The molecular weight excluding hydrogens is 316 g/mol. The zero-order chi connectivity index (χ0) is 17.5. The molecule has 0 aromatic heterocycles. The van der Waals surface area contributed by atoms with Crippen molar-refractivity contribution in [2.45, 2.75) is 31.5 Å². The number of nitrogens with one attached hydrogen (secondary N) is 1. The first-order chi connectivity index (χ1) is 12.2. The van der Waals surface area contributed by atoms with Crippen LogP contribution in [0, 0.1) is 0 Å². The third-order valence-corrected chi connectivity index (χ3v) is 4.46. The van der Waals surface area contributed by atoms with Crippen LogP contribution in [0.15, 0.2) is 54.6 Å². The lowest BCUT2D eigenvalue weighted by atomic mass is 9.90. The smallest absolute Gasteiger partial charge is 0.240 e. The molecule has 0 atom stereocenters. The standard InChI is InChI=1S/C20H24N2O3/c21-20(10-12-24-13-11-20)19(23)22-14-16-6-8-17(9-7-16)15-25-18-4-2-1-3-5-18/h1-9H,10-15,21H2,(H,22,23). The maximum Gasteiger partial charge on any atom is 0.240 e. The highest BCUT2D eigenvalue weighted by atomic mass is 16.5. The third-order valence-electron chi connectivity index (χ3n) is 4.46. The predicted molar refractivity (Wildman–Crippen MR) is 96.0 cm³/mol. The Morgan fingerprint density at radius 1 is 1.04 bits per heavy atom. The molecule has 2 aromatic rings. The molecule has 0 aliphatic carbocycles. The Hall–Kier alpha value is -2.37. The van der Waals surface area contributed by atoms with Gasteiger partial charge in [-0.2, -0.15) is 0 Å². The van der Waals surface area contributed by atoms with Gasteiger partial charge in [-0.15, -0.1) is 0 Å². The molecule has 0 bridgehead atoms. The molecule has 3 rings (SSSR count). The Morgan fingerprint density at radius 3 is 2.36 bits per heavy atom. The zero-order valence-corrected chi connectivity index (χ0v) is 14.2. The fraction of sp³-hybridized carbons (Fsp3) is 0.350. The summed E-state index contributed by atoms with van der Waals surface area (Å²) in [7, 11) is 0. The predicted octanol–water partition coefficient (Wildman–Crippen LogP) is 2.39. The van der Waals surface area contributed by atoms with E-state index in [1.165, 1.54) is 0 Å². The highest BCUT2D eigenvalue weighted by Gasteiger charge is 2.35. The maximum absolute atomic E-state index is 12.3. The summed E-state index contributed by atoms with van der Waals surface area (Å²) in [5.41, 5.74) is 7.49. The number of rotatable bonds is 6. The average molecular weight is 340 g/mol. The van der Waals surface area contributed by atoms with E-state index in [1.54, 1.807) is 0 Å². The number of para-hydroxylation sites is 1. The van der Waals surface area contributed by atoms with E-state index in [9.17, 15) is 4.79 Å². The van der Waals surface area contributed by atoms with Crippen molar-refractivity contribution in [3.05, 3.63) is 65.7 Å². The van der Waals surface area contributed by atoms with E-state index in [4.69, 9.17) is 15.2 Å². The largest absolute Gasteiger partial charge is 0.489 e. The van der Waals surface area contributed by atoms with Crippen LogP contribution in [-0.2, 0) is 22.7 Å². The van der Waals surface area contributed by atoms with E-state index in [1.807, 2.05) is 54.6 Å². The summed E-state index contributed by atoms with van der Waals surface area (Å²) in [5.74, 6) is 0.746. The molecule has 1 aliphatic rings. The lowest BCUT2D eigenvalue weighted by Gasteiger charge is -2.31. The van der Waals surface area contributed by atoms with Gasteiger partial charge < -0.3 is 20.5 Å². The Bertz CT molecular complexity index is 680. The summed E-state index contributed by atoms with van der Waals surface area (Å²) < 4.78 is 11.0. The molecule has 5 nitrogen and oxygen atoms in total. The molecule has 0 saturated carbocycles. The van der Waals surface area contributed by atoms with Gasteiger partial charge in [-0.3, -0.25) is 4.79 Å². The van der Waals surface area contributed by atoms with E-state index in [0.717, 1.165) is 16.9 Å². The number of hydrogen-bond acceptors (Lipinski definition) is 4. The highest BCUT2D eigenvalue weighted by molar-refractivity contribution is 5.86. The first-order valence-electron chi connectivity index (χ1n) is 8.56. The summed E-state index contributed by atoms with van der Waals surface area (Å²) in [6, 6.07) is 17.7. The van der Waals surface area contributed by atoms with E-state index in [2.05, 4.69) is 5.32 Å². The zero-order valence-electron chi connectivity index (χ0n) is 14.2. The minimum atomic E-state index is -0.804. The van der Waals surface area contributed by atoms with Crippen molar-refractivity contribution < 1.29 is 14.3 Å². The Kier molecular flexibility index (Phi) is 5.68. The quantitative estimate of drug-likeness (QED) is 0.847. The van der Waals surface area contributed by atoms with E-state index < -0.39 is 5.54 Å². The molecular formula is C20H24N2O3. The van der Waals surface area contributed by atoms with Gasteiger partial charge in [-0.1, -0.05) is 42.5 Å². The summed E-state index contributed by atoms with van der Waals surface area (Å²) in [6.45, 7) is 2.07. The molecule has 0 unspecified atom stereocenters. The van der Waals surface area contributed by atoms with Crippen LogP contribution in [0.25, 0.3) is 0 Å². The summed E-state index contributed by atoms with van der Waals surface area (Å²) >= 11 is 0. The van der Waals surface area contributed by atoms with Gasteiger partial charge in [0.15, 0.2) is 0 Å². The molecule has 1 amide bonds. The summed E-state index contributed by atoms with van der Waals surface area (Å²) in [4.78, 5) is 12.3. The number of carbonyl (C=O) groups excluding carboxylic acids is 1. The monoisotopic (exact) mass is 340 g/mol. The van der Waals surface area contributed by atoms with Crippen molar-refractivity contribution >= 4 is 5.91 Å².